The number of carbonyl (C=O) groups is 1. The maximum absolute atomic E-state index is 12.5. The molecule has 1 saturated heterocycles. The third kappa shape index (κ3) is 6.29. The second kappa shape index (κ2) is 10.3. The van der Waals surface area contributed by atoms with Crippen LogP contribution in [0.15, 0.2) is 47.4 Å². The van der Waals surface area contributed by atoms with Crippen LogP contribution in [0, 0.1) is 0 Å². The van der Waals surface area contributed by atoms with Crippen molar-refractivity contribution in [3.8, 4) is 5.75 Å². The van der Waals surface area contributed by atoms with Crippen molar-refractivity contribution in [2.45, 2.75) is 37.5 Å². The van der Waals surface area contributed by atoms with Crippen LogP contribution in [0.3, 0.4) is 0 Å². The van der Waals surface area contributed by atoms with Crippen LogP contribution in [-0.4, -0.2) is 52.1 Å². The molecule has 8 heteroatoms. The first-order chi connectivity index (χ1) is 14.8. The minimum Gasteiger partial charge on any atom is -0.483 e. The Balaban J connectivity index is 1.76. The predicted octanol–water partition coefficient (Wildman–Crippen LogP) is 2.48. The highest BCUT2D eigenvalue weighted by atomic mass is 32.2. The number of morpholine rings is 1. The molecule has 1 heterocycles. The number of primary sulfonamides is 1. The number of benzene rings is 2. The Morgan fingerprint density at radius 1 is 1.10 bits per heavy atom. The molecule has 0 radical (unpaired) electrons. The van der Waals surface area contributed by atoms with E-state index in [0.717, 1.165) is 11.1 Å². The summed E-state index contributed by atoms with van der Waals surface area (Å²) in [7, 11) is -3.79. The van der Waals surface area contributed by atoms with Crippen molar-refractivity contribution in [1.29, 1.82) is 0 Å². The molecule has 0 saturated carbocycles. The molecule has 31 heavy (non-hydrogen) atoms. The average molecular weight is 447 g/mol. The molecule has 2 aromatic carbocycles. The van der Waals surface area contributed by atoms with Gasteiger partial charge in [0.05, 0.1) is 18.1 Å². The number of hydrogen-bond acceptors (Lipinski definition) is 5. The van der Waals surface area contributed by atoms with Crippen LogP contribution < -0.4 is 9.88 Å². The van der Waals surface area contributed by atoms with Gasteiger partial charge in [-0.15, -0.1) is 0 Å². The zero-order valence-corrected chi connectivity index (χ0v) is 18.9. The molecule has 2 aromatic rings. The number of nitrogens with zero attached hydrogens (tertiary/aromatic N) is 1. The smallest absolute Gasteiger partial charge is 0.260 e. The fourth-order valence-corrected chi connectivity index (χ4v) is 4.38. The number of sulfonamides is 1. The van der Waals surface area contributed by atoms with Gasteiger partial charge in [0.25, 0.3) is 5.91 Å². The molecule has 7 nitrogen and oxygen atoms in total. The highest BCUT2D eigenvalue weighted by molar-refractivity contribution is 7.89. The fraction of sp³-hybridized carbons (Fsp3) is 0.435. The number of amides is 1. The van der Waals surface area contributed by atoms with Crippen molar-refractivity contribution in [1.82, 2.24) is 4.90 Å². The topological polar surface area (TPSA) is 98.9 Å². The summed E-state index contributed by atoms with van der Waals surface area (Å²) < 4.78 is 35.0. The van der Waals surface area contributed by atoms with Crippen molar-refractivity contribution in [2.75, 3.05) is 32.9 Å². The summed E-state index contributed by atoms with van der Waals surface area (Å²) in [4.78, 5) is 14.4. The molecule has 1 fully saturated rings. The van der Waals surface area contributed by atoms with Crippen molar-refractivity contribution in [3.63, 3.8) is 0 Å². The minimum atomic E-state index is -3.79. The van der Waals surface area contributed by atoms with Crippen molar-refractivity contribution >= 4 is 15.9 Å². The van der Waals surface area contributed by atoms with E-state index in [2.05, 4.69) is 13.8 Å². The zero-order chi connectivity index (χ0) is 22.4. The Morgan fingerprint density at radius 2 is 1.77 bits per heavy atom. The second-order valence-electron chi connectivity index (χ2n) is 7.96. The normalized spacial score (nSPS) is 14.6. The summed E-state index contributed by atoms with van der Waals surface area (Å²) in [6.45, 7) is 6.39. The molecule has 0 unspecified atom stereocenters. The summed E-state index contributed by atoms with van der Waals surface area (Å²) >= 11 is 0. The highest BCUT2D eigenvalue weighted by Gasteiger charge is 2.19. The van der Waals surface area contributed by atoms with Gasteiger partial charge in [0.15, 0.2) is 6.61 Å². The fourth-order valence-electron chi connectivity index (χ4n) is 3.57. The lowest BCUT2D eigenvalue weighted by Gasteiger charge is -2.27. The van der Waals surface area contributed by atoms with E-state index in [1.54, 1.807) is 23.1 Å². The van der Waals surface area contributed by atoms with Gasteiger partial charge in [-0.3, -0.25) is 4.79 Å². The third-order valence-electron chi connectivity index (χ3n) is 5.42. The van der Waals surface area contributed by atoms with Gasteiger partial charge in [0.2, 0.25) is 10.0 Å². The summed E-state index contributed by atoms with van der Waals surface area (Å²) in [6, 6.07) is 12.7. The van der Waals surface area contributed by atoms with E-state index in [9.17, 15) is 13.2 Å². The van der Waals surface area contributed by atoms with E-state index in [1.807, 2.05) is 18.2 Å². The maximum Gasteiger partial charge on any atom is 0.260 e. The molecule has 1 aliphatic rings. The summed E-state index contributed by atoms with van der Waals surface area (Å²) in [5.74, 6) is 0.902. The van der Waals surface area contributed by atoms with Crippen LogP contribution >= 0.6 is 0 Å². The van der Waals surface area contributed by atoms with Crippen LogP contribution in [0.4, 0.5) is 0 Å². The Bertz CT molecular complexity index is 1010. The standard InChI is InChI=1S/C23H30N2O5S/c1-17(2)20-10-8-18(7-9-19-5-3-4-6-22(19)31(24,27)28)21(15-20)30-16-23(26)25-11-13-29-14-12-25/h3-6,8,10,15,17H,7,9,11-14,16H2,1-2H3,(H2,24,27,28). The molecule has 0 aliphatic carbocycles. The molecule has 1 amide bonds. The molecule has 0 bridgehead atoms. The maximum atomic E-state index is 12.5. The van der Waals surface area contributed by atoms with Gasteiger partial charge in [0.1, 0.15) is 5.75 Å². The second-order valence-corrected chi connectivity index (χ2v) is 9.49. The van der Waals surface area contributed by atoms with E-state index in [4.69, 9.17) is 14.6 Å². The Hall–Kier alpha value is -2.42. The Kier molecular flexibility index (Phi) is 7.69. The van der Waals surface area contributed by atoms with Gasteiger partial charge in [-0.1, -0.05) is 44.2 Å². The van der Waals surface area contributed by atoms with Crippen molar-refractivity contribution in [2.24, 2.45) is 5.14 Å². The summed E-state index contributed by atoms with van der Waals surface area (Å²) in [5.41, 5.74) is 2.69. The first-order valence-corrected chi connectivity index (χ1v) is 12.0. The highest BCUT2D eigenvalue weighted by Crippen LogP contribution is 2.27. The molecule has 0 spiro atoms. The van der Waals surface area contributed by atoms with Gasteiger partial charge in [-0.2, -0.15) is 0 Å². The number of aryl methyl sites for hydroxylation is 2. The SMILES string of the molecule is CC(C)c1ccc(CCc2ccccc2S(N)(=O)=O)c(OCC(=O)N2CCOCC2)c1. The first kappa shape index (κ1) is 23.2. The predicted molar refractivity (Wildman–Crippen MR) is 119 cm³/mol. The number of nitrogens with two attached hydrogens (primary N) is 1. The monoisotopic (exact) mass is 446 g/mol. The lowest BCUT2D eigenvalue weighted by molar-refractivity contribution is -0.137. The van der Waals surface area contributed by atoms with Crippen molar-refractivity contribution < 1.29 is 22.7 Å². The largest absolute Gasteiger partial charge is 0.483 e. The van der Waals surface area contributed by atoms with Crippen LogP contribution in [0.5, 0.6) is 5.75 Å². The summed E-state index contributed by atoms with van der Waals surface area (Å²) in [6.07, 6.45) is 1.05. The minimum absolute atomic E-state index is 0.0394. The van der Waals surface area contributed by atoms with Gasteiger partial charge < -0.3 is 14.4 Å². The quantitative estimate of drug-likeness (QED) is 0.672. The van der Waals surface area contributed by atoms with E-state index in [0.29, 0.717) is 56.4 Å². The Morgan fingerprint density at radius 3 is 2.45 bits per heavy atom. The van der Waals surface area contributed by atoms with Crippen LogP contribution in [0.1, 0.15) is 36.5 Å². The van der Waals surface area contributed by atoms with Gasteiger partial charge in [0, 0.05) is 13.1 Å². The number of hydrogen-bond donors (Lipinski definition) is 1. The molecular formula is C23H30N2O5S. The van der Waals surface area contributed by atoms with Crippen molar-refractivity contribution in [3.05, 3.63) is 59.2 Å². The lowest BCUT2D eigenvalue weighted by Crippen LogP contribution is -2.43. The van der Waals surface area contributed by atoms with E-state index in [1.165, 1.54) is 6.07 Å². The molecule has 2 N–H and O–H groups in total. The number of ether oxygens (including phenoxy) is 2. The van der Waals surface area contributed by atoms with E-state index < -0.39 is 10.0 Å². The third-order valence-corrected chi connectivity index (χ3v) is 6.43. The molecule has 1 aliphatic heterocycles. The van der Waals surface area contributed by atoms with Gasteiger partial charge >= 0.3 is 0 Å². The van der Waals surface area contributed by atoms with Gasteiger partial charge in [-0.25, -0.2) is 13.6 Å². The van der Waals surface area contributed by atoms with E-state index in [-0.39, 0.29) is 17.4 Å². The van der Waals surface area contributed by atoms with Crippen LogP contribution in [0.2, 0.25) is 0 Å². The summed E-state index contributed by atoms with van der Waals surface area (Å²) in [5, 5.41) is 5.36. The molecule has 0 aromatic heterocycles. The first-order valence-electron chi connectivity index (χ1n) is 10.5. The molecule has 168 valence electrons. The number of rotatable bonds is 8. The average Bonchev–Trinajstić information content (AvgIpc) is 2.76. The molecule has 0 atom stereocenters. The Labute approximate surface area is 184 Å². The molecular weight excluding hydrogens is 416 g/mol. The van der Waals surface area contributed by atoms with Crippen LogP contribution in [-0.2, 0) is 32.4 Å². The van der Waals surface area contributed by atoms with Gasteiger partial charge in [-0.05, 0) is 47.6 Å². The zero-order valence-electron chi connectivity index (χ0n) is 18.0. The van der Waals surface area contributed by atoms with Crippen LogP contribution in [0.25, 0.3) is 0 Å². The van der Waals surface area contributed by atoms with E-state index >= 15 is 0 Å². The lowest BCUT2D eigenvalue weighted by atomic mass is 9.98. The number of carbonyl (C=O) groups excluding carboxylic acids is 1. The molecule has 3 rings (SSSR count).